The summed E-state index contributed by atoms with van der Waals surface area (Å²) in [5.74, 6) is -0.226. The highest BCUT2D eigenvalue weighted by Gasteiger charge is 2.52. The number of fused-ring (bicyclic) bond motifs is 1. The monoisotopic (exact) mass is 477 g/mol. The van der Waals surface area contributed by atoms with Crippen LogP contribution in [0.1, 0.15) is 18.9 Å². The van der Waals surface area contributed by atoms with E-state index < -0.39 is 17.7 Å². The molecule has 0 bridgehead atoms. The predicted octanol–water partition coefficient (Wildman–Crippen LogP) is 3.20. The Morgan fingerprint density at radius 2 is 2.10 bits per heavy atom. The van der Waals surface area contributed by atoms with Gasteiger partial charge in [0.2, 0.25) is 0 Å². The van der Waals surface area contributed by atoms with Gasteiger partial charge in [-0.2, -0.15) is 0 Å². The van der Waals surface area contributed by atoms with Gasteiger partial charge in [0.05, 0.1) is 18.5 Å². The number of benzene rings is 2. The molecule has 0 saturated heterocycles. The maximum absolute atomic E-state index is 13.2. The molecule has 1 atom stereocenters. The van der Waals surface area contributed by atoms with Crippen molar-refractivity contribution < 1.29 is 24.2 Å². The summed E-state index contributed by atoms with van der Waals surface area (Å²) in [6.07, 6.45) is 0.576. The van der Waals surface area contributed by atoms with Crippen molar-refractivity contribution in [3.8, 4) is 5.75 Å². The van der Waals surface area contributed by atoms with Crippen LogP contribution in [0, 0.1) is 0 Å². The highest BCUT2D eigenvalue weighted by molar-refractivity contribution is 9.10. The number of carbonyl (C=O) groups is 2. The quantitative estimate of drug-likeness (QED) is 0.506. The lowest BCUT2D eigenvalue weighted by Crippen LogP contribution is -2.62. The minimum atomic E-state index is -2.26. The number of nitrogens with one attached hydrogen (secondary N) is 2. The molecule has 1 aliphatic heterocycles. The van der Waals surface area contributed by atoms with Gasteiger partial charge in [0.25, 0.3) is 11.6 Å². The van der Waals surface area contributed by atoms with Crippen LogP contribution in [0.15, 0.2) is 46.9 Å². The molecule has 0 radical (unpaired) electrons. The van der Waals surface area contributed by atoms with Crippen LogP contribution in [0.2, 0.25) is 0 Å². The molecule has 0 spiro atoms. The summed E-state index contributed by atoms with van der Waals surface area (Å²) >= 11 is 3.38. The molecular formula is C21H24BrN3O5. The van der Waals surface area contributed by atoms with Crippen molar-refractivity contribution in [1.29, 1.82) is 0 Å². The fourth-order valence-electron chi connectivity index (χ4n) is 3.27. The van der Waals surface area contributed by atoms with Gasteiger partial charge in [-0.3, -0.25) is 9.69 Å². The number of rotatable bonds is 8. The Hall–Kier alpha value is -2.62. The second-order valence-corrected chi connectivity index (χ2v) is 7.55. The zero-order valence-corrected chi connectivity index (χ0v) is 18.4. The van der Waals surface area contributed by atoms with E-state index in [2.05, 4.69) is 26.6 Å². The van der Waals surface area contributed by atoms with Crippen LogP contribution in [0.3, 0.4) is 0 Å². The molecule has 2 aromatic carbocycles. The molecule has 0 fully saturated rings. The van der Waals surface area contributed by atoms with Gasteiger partial charge in [-0.25, -0.2) is 4.79 Å². The number of aliphatic hydroxyl groups is 1. The van der Waals surface area contributed by atoms with Gasteiger partial charge in [0.1, 0.15) is 5.75 Å². The van der Waals surface area contributed by atoms with Crippen molar-refractivity contribution in [1.82, 2.24) is 5.32 Å². The summed E-state index contributed by atoms with van der Waals surface area (Å²) in [6, 6.07) is 10.9. The molecule has 9 heteroatoms. The summed E-state index contributed by atoms with van der Waals surface area (Å²) in [7, 11) is 1.50. The second-order valence-electron chi connectivity index (χ2n) is 6.64. The van der Waals surface area contributed by atoms with E-state index in [1.807, 2.05) is 6.92 Å². The van der Waals surface area contributed by atoms with Gasteiger partial charge >= 0.3 is 6.03 Å². The zero-order valence-electron chi connectivity index (χ0n) is 16.8. The lowest BCUT2D eigenvalue weighted by molar-refractivity contribution is -0.140. The second kappa shape index (κ2) is 9.46. The lowest BCUT2D eigenvalue weighted by atomic mass is 9.94. The summed E-state index contributed by atoms with van der Waals surface area (Å²) < 4.78 is 11.2. The SMILES string of the molecule is CCOCCCNC(=O)[C@]1(O)c2cc(Br)ccc2NC(=O)N1c1cccc(OC)c1. The van der Waals surface area contributed by atoms with Crippen LogP contribution in [-0.4, -0.2) is 43.9 Å². The van der Waals surface area contributed by atoms with Crippen molar-refractivity contribution >= 4 is 39.2 Å². The molecule has 3 rings (SSSR count). The highest BCUT2D eigenvalue weighted by atomic mass is 79.9. The zero-order chi connectivity index (χ0) is 21.7. The number of carbonyl (C=O) groups excluding carboxylic acids is 2. The molecule has 1 aliphatic rings. The fraction of sp³-hybridized carbons (Fsp3) is 0.333. The van der Waals surface area contributed by atoms with E-state index in [-0.39, 0.29) is 12.1 Å². The number of urea groups is 1. The Morgan fingerprint density at radius 1 is 1.30 bits per heavy atom. The Bertz CT molecular complexity index is 939. The standard InChI is InChI=1S/C21H24BrN3O5/c1-3-30-11-5-10-23-19(26)21(28)17-12-14(22)8-9-18(17)24-20(27)25(21)15-6-4-7-16(13-15)29-2/h4,6-9,12-13,28H,3,5,10-11H2,1-2H3,(H,23,26)(H,24,27)/t21-/m1/s1. The van der Waals surface area contributed by atoms with Crippen LogP contribution in [0.4, 0.5) is 16.2 Å². The number of methoxy groups -OCH3 is 1. The van der Waals surface area contributed by atoms with Crippen LogP contribution >= 0.6 is 15.9 Å². The van der Waals surface area contributed by atoms with E-state index in [0.717, 1.165) is 4.90 Å². The third kappa shape index (κ3) is 4.28. The maximum Gasteiger partial charge on any atom is 0.329 e. The molecule has 2 aromatic rings. The predicted molar refractivity (Wildman–Crippen MR) is 117 cm³/mol. The minimum absolute atomic E-state index is 0.251. The molecule has 0 saturated carbocycles. The summed E-state index contributed by atoms with van der Waals surface area (Å²) in [5.41, 5.74) is -1.35. The van der Waals surface area contributed by atoms with Crippen molar-refractivity contribution in [3.05, 3.63) is 52.5 Å². The topological polar surface area (TPSA) is 100 Å². The third-order valence-corrected chi connectivity index (χ3v) is 5.20. The van der Waals surface area contributed by atoms with Crippen molar-refractivity contribution in [2.24, 2.45) is 0 Å². The van der Waals surface area contributed by atoms with E-state index in [4.69, 9.17) is 9.47 Å². The summed E-state index contributed by atoms with van der Waals surface area (Å²) in [4.78, 5) is 27.2. The molecule has 8 nitrogen and oxygen atoms in total. The van der Waals surface area contributed by atoms with E-state index >= 15 is 0 Å². The summed E-state index contributed by atoms with van der Waals surface area (Å²) in [6.45, 7) is 3.25. The first-order valence-electron chi connectivity index (χ1n) is 9.55. The summed E-state index contributed by atoms with van der Waals surface area (Å²) in [5, 5.41) is 17.2. The molecular weight excluding hydrogens is 454 g/mol. The highest BCUT2D eigenvalue weighted by Crippen LogP contribution is 2.41. The molecule has 3 amide bonds. The average Bonchev–Trinajstić information content (AvgIpc) is 2.74. The normalized spacial score (nSPS) is 17.9. The first kappa shape index (κ1) is 22.1. The number of ether oxygens (including phenoxy) is 2. The Balaban J connectivity index is 2.03. The van der Waals surface area contributed by atoms with Gasteiger partial charge < -0.3 is 25.2 Å². The number of halogens is 1. The number of amides is 3. The van der Waals surface area contributed by atoms with E-state index in [1.54, 1.807) is 42.5 Å². The number of hydrogen-bond donors (Lipinski definition) is 3. The van der Waals surface area contributed by atoms with Crippen molar-refractivity contribution in [3.63, 3.8) is 0 Å². The average molecular weight is 478 g/mol. The van der Waals surface area contributed by atoms with Crippen molar-refractivity contribution in [2.75, 3.05) is 37.1 Å². The Morgan fingerprint density at radius 3 is 2.83 bits per heavy atom. The molecule has 3 N–H and O–H groups in total. The number of anilines is 2. The van der Waals surface area contributed by atoms with E-state index in [1.165, 1.54) is 7.11 Å². The Labute approximate surface area is 183 Å². The van der Waals surface area contributed by atoms with E-state index in [9.17, 15) is 14.7 Å². The third-order valence-electron chi connectivity index (χ3n) is 4.71. The van der Waals surface area contributed by atoms with E-state index in [0.29, 0.717) is 41.2 Å². The number of nitrogens with zero attached hydrogens (tertiary/aromatic N) is 1. The molecule has 160 valence electrons. The van der Waals surface area contributed by atoms with Crippen LogP contribution < -0.4 is 20.3 Å². The van der Waals surface area contributed by atoms with Crippen molar-refractivity contribution in [2.45, 2.75) is 19.1 Å². The first-order chi connectivity index (χ1) is 14.4. The van der Waals surface area contributed by atoms with Gasteiger partial charge in [0.15, 0.2) is 0 Å². The largest absolute Gasteiger partial charge is 0.497 e. The van der Waals surface area contributed by atoms with Crippen LogP contribution in [0.25, 0.3) is 0 Å². The number of hydrogen-bond acceptors (Lipinski definition) is 5. The smallest absolute Gasteiger partial charge is 0.329 e. The van der Waals surface area contributed by atoms with Gasteiger partial charge in [0, 0.05) is 35.9 Å². The van der Waals surface area contributed by atoms with Crippen LogP contribution in [0.5, 0.6) is 5.75 Å². The lowest BCUT2D eigenvalue weighted by Gasteiger charge is -2.42. The first-order valence-corrected chi connectivity index (χ1v) is 10.3. The van der Waals surface area contributed by atoms with Gasteiger partial charge in [-0.05, 0) is 43.7 Å². The minimum Gasteiger partial charge on any atom is -0.497 e. The van der Waals surface area contributed by atoms with Crippen LogP contribution in [-0.2, 0) is 15.3 Å². The Kier molecular flexibility index (Phi) is 6.96. The fourth-order valence-corrected chi connectivity index (χ4v) is 3.63. The molecule has 0 aliphatic carbocycles. The van der Waals surface area contributed by atoms with Gasteiger partial charge in [-0.1, -0.05) is 22.0 Å². The maximum atomic E-state index is 13.2. The molecule has 1 heterocycles. The molecule has 0 unspecified atom stereocenters. The van der Waals surface area contributed by atoms with Gasteiger partial charge in [-0.15, -0.1) is 0 Å². The molecule has 30 heavy (non-hydrogen) atoms. The molecule has 0 aromatic heterocycles.